The molecule has 0 bridgehead atoms. The average molecular weight is 359 g/mol. The number of halogens is 1. The highest BCUT2D eigenvalue weighted by Gasteiger charge is 2.28. The molecule has 3 rings (SSSR count). The molecule has 26 heavy (non-hydrogen) atoms. The molecule has 1 aromatic heterocycles. The van der Waals surface area contributed by atoms with Crippen LogP contribution in [0.15, 0.2) is 30.6 Å². The highest BCUT2D eigenvalue weighted by atomic mass is 19.1. The van der Waals surface area contributed by atoms with E-state index in [0.29, 0.717) is 12.0 Å². The lowest BCUT2D eigenvalue weighted by atomic mass is 10.0. The molecule has 0 N–H and O–H groups in total. The van der Waals surface area contributed by atoms with E-state index in [0.717, 1.165) is 51.5 Å². The van der Waals surface area contributed by atoms with Crippen molar-refractivity contribution in [2.45, 2.75) is 52.9 Å². The number of aryl methyl sites for hydroxylation is 1. The van der Waals surface area contributed by atoms with Crippen LogP contribution in [0.25, 0.3) is 0 Å². The Balaban J connectivity index is 1.69. The van der Waals surface area contributed by atoms with Crippen molar-refractivity contribution in [1.82, 2.24) is 24.6 Å². The molecule has 1 aromatic carbocycles. The van der Waals surface area contributed by atoms with E-state index in [1.54, 1.807) is 18.5 Å². The van der Waals surface area contributed by atoms with Crippen LogP contribution >= 0.6 is 0 Å². The van der Waals surface area contributed by atoms with Gasteiger partial charge in [0, 0.05) is 32.2 Å². The van der Waals surface area contributed by atoms with Crippen LogP contribution in [0, 0.1) is 11.7 Å². The van der Waals surface area contributed by atoms with Crippen LogP contribution < -0.4 is 0 Å². The number of hydrogen-bond donors (Lipinski definition) is 0. The standard InChI is InChI=1S/C20H30FN5/c1-4-26-20(22-15-23-26)14-24-10-5-11-25(19(13-24)16(2)3)12-17-6-8-18(21)9-7-17/h6-9,15-16,19H,4-5,10-14H2,1-3H3/t19-/m1/s1. The summed E-state index contributed by atoms with van der Waals surface area (Å²) in [6.45, 7) is 12.4. The normalized spacial score (nSPS) is 19.8. The van der Waals surface area contributed by atoms with Gasteiger partial charge in [0.15, 0.2) is 0 Å². The van der Waals surface area contributed by atoms with E-state index in [2.05, 4.69) is 40.7 Å². The number of hydrogen-bond acceptors (Lipinski definition) is 4. The van der Waals surface area contributed by atoms with Crippen LogP contribution in [0.5, 0.6) is 0 Å². The van der Waals surface area contributed by atoms with Crippen molar-refractivity contribution < 1.29 is 4.39 Å². The van der Waals surface area contributed by atoms with Crippen LogP contribution in [0.3, 0.4) is 0 Å². The Kier molecular flexibility index (Phi) is 6.38. The van der Waals surface area contributed by atoms with Crippen LogP contribution in [0.4, 0.5) is 4.39 Å². The summed E-state index contributed by atoms with van der Waals surface area (Å²) < 4.78 is 15.2. The average Bonchev–Trinajstić information content (AvgIpc) is 2.97. The number of benzene rings is 1. The zero-order valence-electron chi connectivity index (χ0n) is 16.1. The van der Waals surface area contributed by atoms with Crippen molar-refractivity contribution in [3.8, 4) is 0 Å². The maximum Gasteiger partial charge on any atom is 0.140 e. The first kappa shape index (κ1) is 19.0. The molecular formula is C20H30FN5. The Bertz CT molecular complexity index is 682. The summed E-state index contributed by atoms with van der Waals surface area (Å²) >= 11 is 0. The first-order valence-corrected chi connectivity index (χ1v) is 9.64. The molecule has 1 aliphatic heterocycles. The molecule has 2 heterocycles. The van der Waals surface area contributed by atoms with E-state index >= 15 is 0 Å². The first-order chi connectivity index (χ1) is 12.6. The summed E-state index contributed by atoms with van der Waals surface area (Å²) in [7, 11) is 0. The third-order valence-corrected chi connectivity index (χ3v) is 5.26. The van der Waals surface area contributed by atoms with E-state index in [9.17, 15) is 4.39 Å². The van der Waals surface area contributed by atoms with Crippen molar-refractivity contribution in [2.24, 2.45) is 5.92 Å². The van der Waals surface area contributed by atoms with Gasteiger partial charge in [0.25, 0.3) is 0 Å². The fraction of sp³-hybridized carbons (Fsp3) is 0.600. The van der Waals surface area contributed by atoms with E-state index < -0.39 is 0 Å². The van der Waals surface area contributed by atoms with Crippen molar-refractivity contribution in [3.63, 3.8) is 0 Å². The van der Waals surface area contributed by atoms with E-state index in [1.807, 2.05) is 16.8 Å². The van der Waals surface area contributed by atoms with Crippen LogP contribution in [-0.4, -0.2) is 50.2 Å². The van der Waals surface area contributed by atoms with Crippen molar-refractivity contribution >= 4 is 0 Å². The Morgan fingerprint density at radius 3 is 2.62 bits per heavy atom. The summed E-state index contributed by atoms with van der Waals surface area (Å²) in [5, 5.41) is 4.29. The lowest BCUT2D eigenvalue weighted by molar-refractivity contribution is 0.128. The number of aromatic nitrogens is 3. The summed E-state index contributed by atoms with van der Waals surface area (Å²) in [6.07, 6.45) is 2.78. The van der Waals surface area contributed by atoms with Gasteiger partial charge in [-0.1, -0.05) is 26.0 Å². The zero-order chi connectivity index (χ0) is 18.5. The van der Waals surface area contributed by atoms with Crippen LogP contribution in [0.1, 0.15) is 38.6 Å². The topological polar surface area (TPSA) is 37.2 Å². The summed E-state index contributed by atoms with van der Waals surface area (Å²) in [6, 6.07) is 7.39. The lowest BCUT2D eigenvalue weighted by Gasteiger charge is -2.34. The van der Waals surface area contributed by atoms with Gasteiger partial charge in [-0.2, -0.15) is 5.10 Å². The number of nitrogens with zero attached hydrogens (tertiary/aromatic N) is 5. The van der Waals surface area contributed by atoms with Crippen LogP contribution in [0.2, 0.25) is 0 Å². The molecule has 1 saturated heterocycles. The zero-order valence-corrected chi connectivity index (χ0v) is 16.1. The van der Waals surface area contributed by atoms with Crippen molar-refractivity contribution in [2.75, 3.05) is 19.6 Å². The van der Waals surface area contributed by atoms with Crippen molar-refractivity contribution in [1.29, 1.82) is 0 Å². The third kappa shape index (κ3) is 4.68. The lowest BCUT2D eigenvalue weighted by Crippen LogP contribution is -2.44. The Hall–Kier alpha value is -1.79. The molecule has 5 nitrogen and oxygen atoms in total. The molecule has 0 amide bonds. The molecule has 0 aliphatic carbocycles. The predicted octanol–water partition coefficient (Wildman–Crippen LogP) is 3.17. The molecule has 142 valence electrons. The first-order valence-electron chi connectivity index (χ1n) is 9.64. The van der Waals surface area contributed by atoms with Gasteiger partial charge < -0.3 is 0 Å². The Morgan fingerprint density at radius 2 is 1.92 bits per heavy atom. The SMILES string of the molecule is CCn1ncnc1CN1CCCN(Cc2ccc(F)cc2)[C@@H](C(C)C)C1. The van der Waals surface area contributed by atoms with Gasteiger partial charge in [0.2, 0.25) is 0 Å². The monoisotopic (exact) mass is 359 g/mol. The smallest absolute Gasteiger partial charge is 0.140 e. The molecule has 1 aliphatic rings. The van der Waals surface area contributed by atoms with Gasteiger partial charge in [-0.3, -0.25) is 9.80 Å². The van der Waals surface area contributed by atoms with E-state index in [4.69, 9.17) is 0 Å². The molecule has 0 radical (unpaired) electrons. The summed E-state index contributed by atoms with van der Waals surface area (Å²) in [4.78, 5) is 9.50. The van der Waals surface area contributed by atoms with Gasteiger partial charge in [-0.15, -0.1) is 0 Å². The van der Waals surface area contributed by atoms with Gasteiger partial charge in [0.1, 0.15) is 18.0 Å². The molecule has 0 spiro atoms. The molecule has 1 fully saturated rings. The minimum atomic E-state index is -0.170. The largest absolute Gasteiger partial charge is 0.295 e. The minimum absolute atomic E-state index is 0.170. The molecule has 0 saturated carbocycles. The van der Waals surface area contributed by atoms with Crippen molar-refractivity contribution in [3.05, 3.63) is 47.8 Å². The summed E-state index contributed by atoms with van der Waals surface area (Å²) in [5.74, 6) is 1.43. The summed E-state index contributed by atoms with van der Waals surface area (Å²) in [5.41, 5.74) is 1.18. The molecule has 2 aromatic rings. The maximum absolute atomic E-state index is 13.2. The van der Waals surface area contributed by atoms with Gasteiger partial charge >= 0.3 is 0 Å². The van der Waals surface area contributed by atoms with E-state index in [1.165, 1.54) is 5.56 Å². The number of rotatable bonds is 6. The maximum atomic E-state index is 13.2. The fourth-order valence-corrected chi connectivity index (χ4v) is 3.81. The second kappa shape index (κ2) is 8.73. The van der Waals surface area contributed by atoms with E-state index in [-0.39, 0.29) is 5.82 Å². The molecule has 1 atom stereocenters. The molecule has 6 heteroatoms. The van der Waals surface area contributed by atoms with Crippen LogP contribution in [-0.2, 0) is 19.6 Å². The Morgan fingerprint density at radius 1 is 1.15 bits per heavy atom. The second-order valence-electron chi connectivity index (χ2n) is 7.49. The highest BCUT2D eigenvalue weighted by Crippen LogP contribution is 2.21. The predicted molar refractivity (Wildman–Crippen MR) is 101 cm³/mol. The van der Waals surface area contributed by atoms with Gasteiger partial charge in [-0.25, -0.2) is 14.1 Å². The fourth-order valence-electron chi connectivity index (χ4n) is 3.81. The quantitative estimate of drug-likeness (QED) is 0.794. The second-order valence-corrected chi connectivity index (χ2v) is 7.49. The Labute approximate surface area is 155 Å². The van der Waals surface area contributed by atoms with Gasteiger partial charge in [0.05, 0.1) is 6.54 Å². The highest BCUT2D eigenvalue weighted by molar-refractivity contribution is 5.16. The minimum Gasteiger partial charge on any atom is -0.295 e. The van der Waals surface area contributed by atoms with Gasteiger partial charge in [-0.05, 0) is 43.5 Å². The molecule has 0 unspecified atom stereocenters. The molecular weight excluding hydrogens is 329 g/mol. The third-order valence-electron chi connectivity index (χ3n) is 5.26.